The Morgan fingerprint density at radius 3 is 2.97 bits per heavy atom. The topological polar surface area (TPSA) is 103 Å². The van der Waals surface area contributed by atoms with E-state index >= 15 is 0 Å². The maximum atomic E-state index is 11.9. The van der Waals surface area contributed by atoms with Crippen LogP contribution in [0.4, 0.5) is 16.6 Å². The molecule has 1 saturated heterocycles. The number of rotatable bonds is 6. The highest BCUT2D eigenvalue weighted by molar-refractivity contribution is 5.76. The minimum Gasteiger partial charge on any atom is -0.336 e. The van der Waals surface area contributed by atoms with Crippen molar-refractivity contribution in [2.75, 3.05) is 18.4 Å². The molecule has 0 radical (unpaired) electrons. The van der Waals surface area contributed by atoms with Gasteiger partial charge in [0.15, 0.2) is 5.82 Å². The Hall–Kier alpha value is -3.88. The van der Waals surface area contributed by atoms with Crippen molar-refractivity contribution in [2.24, 2.45) is 0 Å². The van der Waals surface area contributed by atoms with Crippen LogP contribution in [-0.4, -0.2) is 48.6 Å². The predicted molar refractivity (Wildman–Crippen MR) is 116 cm³/mol. The van der Waals surface area contributed by atoms with E-state index in [-0.39, 0.29) is 6.03 Å². The lowest BCUT2D eigenvalue weighted by Crippen LogP contribution is -2.27. The summed E-state index contributed by atoms with van der Waals surface area (Å²) < 4.78 is 1.91. The Labute approximate surface area is 178 Å². The highest BCUT2D eigenvalue weighted by Crippen LogP contribution is 2.39. The molecule has 1 saturated carbocycles. The molecule has 2 aliphatic rings. The Morgan fingerprint density at radius 2 is 2.13 bits per heavy atom. The van der Waals surface area contributed by atoms with E-state index in [1.165, 1.54) is 18.5 Å². The number of aromatic amines is 1. The number of hydrogen-bond donors (Lipinski definition) is 3. The zero-order valence-electron chi connectivity index (χ0n) is 16.9. The van der Waals surface area contributed by atoms with Gasteiger partial charge >= 0.3 is 6.03 Å². The molecule has 4 heterocycles. The fourth-order valence-electron chi connectivity index (χ4n) is 3.99. The summed E-state index contributed by atoms with van der Waals surface area (Å²) in [6.07, 6.45) is 6.08. The van der Waals surface area contributed by atoms with Gasteiger partial charge in [-0.25, -0.2) is 14.8 Å². The number of anilines is 2. The summed E-state index contributed by atoms with van der Waals surface area (Å²) in [5.41, 5.74) is 4.82. The zero-order valence-corrected chi connectivity index (χ0v) is 16.9. The summed E-state index contributed by atoms with van der Waals surface area (Å²) in [6.45, 7) is 2.00. The van der Waals surface area contributed by atoms with E-state index in [0.29, 0.717) is 25.0 Å². The van der Waals surface area contributed by atoms with Crippen molar-refractivity contribution in [2.45, 2.75) is 25.3 Å². The van der Waals surface area contributed by atoms with Gasteiger partial charge in [-0.2, -0.15) is 5.10 Å². The van der Waals surface area contributed by atoms with Gasteiger partial charge in [0.1, 0.15) is 5.65 Å². The summed E-state index contributed by atoms with van der Waals surface area (Å²) in [4.78, 5) is 23.0. The monoisotopic (exact) mass is 414 g/mol. The van der Waals surface area contributed by atoms with Crippen LogP contribution in [0.25, 0.3) is 16.9 Å². The molecule has 3 aromatic heterocycles. The van der Waals surface area contributed by atoms with Crippen molar-refractivity contribution in [3.8, 4) is 11.3 Å². The lowest BCUT2D eigenvalue weighted by molar-refractivity contribution is 0.215. The third kappa shape index (κ3) is 3.48. The van der Waals surface area contributed by atoms with Crippen LogP contribution in [0.1, 0.15) is 30.0 Å². The van der Waals surface area contributed by atoms with Crippen molar-refractivity contribution in [3.05, 3.63) is 60.0 Å². The van der Waals surface area contributed by atoms with Crippen molar-refractivity contribution in [1.82, 2.24) is 34.8 Å². The molecule has 0 atom stereocenters. The first kappa shape index (κ1) is 17.9. The number of benzene rings is 1. The normalized spacial score (nSPS) is 16.1. The number of nitrogens with zero attached hydrogens (tertiary/aromatic N) is 5. The number of imidazole rings is 1. The fraction of sp³-hybridized carbons (Fsp3) is 0.273. The molecular weight excluding hydrogens is 392 g/mol. The van der Waals surface area contributed by atoms with Crippen LogP contribution in [-0.2, 0) is 6.54 Å². The Balaban J connectivity index is 1.32. The molecule has 4 aromatic rings. The van der Waals surface area contributed by atoms with E-state index in [2.05, 4.69) is 37.9 Å². The highest BCUT2D eigenvalue weighted by Gasteiger charge is 2.25. The molecule has 0 bridgehead atoms. The predicted octanol–water partition coefficient (Wildman–Crippen LogP) is 3.27. The van der Waals surface area contributed by atoms with Gasteiger partial charge in [0.25, 0.3) is 0 Å². The van der Waals surface area contributed by atoms with Crippen LogP contribution < -0.4 is 10.6 Å². The van der Waals surface area contributed by atoms with Crippen molar-refractivity contribution >= 4 is 23.4 Å². The molecule has 6 rings (SSSR count). The van der Waals surface area contributed by atoms with Crippen LogP contribution in [0.2, 0.25) is 0 Å². The number of carbonyl (C=O) groups is 1. The van der Waals surface area contributed by atoms with Gasteiger partial charge in [0, 0.05) is 61.3 Å². The van der Waals surface area contributed by atoms with Crippen LogP contribution >= 0.6 is 0 Å². The molecule has 0 spiro atoms. The molecule has 1 aliphatic carbocycles. The van der Waals surface area contributed by atoms with Crippen LogP contribution in [0.15, 0.2) is 48.8 Å². The minimum atomic E-state index is -0.0154. The summed E-state index contributed by atoms with van der Waals surface area (Å²) in [5.74, 6) is 2.01. The average molecular weight is 414 g/mol. The number of amides is 2. The smallest absolute Gasteiger partial charge is 0.317 e. The van der Waals surface area contributed by atoms with Crippen LogP contribution in [0, 0.1) is 0 Å². The minimum absolute atomic E-state index is 0.0154. The summed E-state index contributed by atoms with van der Waals surface area (Å²) in [6, 6.07) is 12.1. The molecule has 3 N–H and O–H groups in total. The lowest BCUT2D eigenvalue weighted by atomic mass is 10.1. The molecule has 2 fully saturated rings. The van der Waals surface area contributed by atoms with Crippen molar-refractivity contribution in [3.63, 3.8) is 0 Å². The average Bonchev–Trinajstić information content (AvgIpc) is 3.14. The van der Waals surface area contributed by atoms with Crippen LogP contribution in [0.5, 0.6) is 0 Å². The van der Waals surface area contributed by atoms with Gasteiger partial charge in [-0.3, -0.25) is 9.50 Å². The maximum absolute atomic E-state index is 11.9. The van der Waals surface area contributed by atoms with E-state index < -0.39 is 0 Å². The summed E-state index contributed by atoms with van der Waals surface area (Å²) in [5, 5.41) is 13.7. The first-order valence-corrected chi connectivity index (χ1v) is 10.5. The molecular formula is C22H22N8O. The zero-order chi connectivity index (χ0) is 20.8. The number of aromatic nitrogens is 5. The van der Waals surface area contributed by atoms with Gasteiger partial charge < -0.3 is 15.5 Å². The molecule has 156 valence electrons. The Morgan fingerprint density at radius 1 is 1.19 bits per heavy atom. The van der Waals surface area contributed by atoms with Gasteiger partial charge in [0.2, 0.25) is 5.95 Å². The van der Waals surface area contributed by atoms with E-state index in [4.69, 9.17) is 4.98 Å². The first-order chi connectivity index (χ1) is 15.2. The third-order valence-electron chi connectivity index (χ3n) is 5.79. The standard InChI is InChI=1S/C22H22N8O/c31-22-24-6-8-29(22)13-14-2-1-3-16(10-14)17-12-20-23-7-9-30(20)21(25-17)26-19-11-18(27-28-19)15-4-5-15/h1-3,7,9-12,15H,4-6,8,13H2,(H,24,31)(H2,25,26,27,28). The third-order valence-corrected chi connectivity index (χ3v) is 5.79. The number of carbonyl (C=O) groups excluding carboxylic acids is 1. The number of urea groups is 1. The molecule has 9 nitrogen and oxygen atoms in total. The SMILES string of the molecule is O=C1NCCN1Cc1cccc(-c2cc3nccn3c(Nc3cc(C4CC4)[nH]n3)n2)c1. The van der Waals surface area contributed by atoms with E-state index in [0.717, 1.165) is 34.8 Å². The maximum Gasteiger partial charge on any atom is 0.317 e. The quantitative estimate of drug-likeness (QED) is 0.449. The number of nitrogens with one attached hydrogen (secondary N) is 3. The van der Waals surface area contributed by atoms with E-state index in [1.807, 2.05) is 39.8 Å². The second-order valence-corrected chi connectivity index (χ2v) is 8.08. The highest BCUT2D eigenvalue weighted by atomic mass is 16.2. The fourth-order valence-corrected chi connectivity index (χ4v) is 3.99. The van der Waals surface area contributed by atoms with Crippen molar-refractivity contribution in [1.29, 1.82) is 0 Å². The molecule has 31 heavy (non-hydrogen) atoms. The first-order valence-electron chi connectivity index (χ1n) is 10.5. The number of H-pyrrole nitrogens is 1. The summed E-state index contributed by atoms with van der Waals surface area (Å²) >= 11 is 0. The van der Waals surface area contributed by atoms with Gasteiger partial charge in [0.05, 0.1) is 5.69 Å². The van der Waals surface area contributed by atoms with Gasteiger partial charge in [-0.1, -0.05) is 18.2 Å². The molecule has 9 heteroatoms. The van der Waals surface area contributed by atoms with E-state index in [1.54, 1.807) is 6.20 Å². The number of fused-ring (bicyclic) bond motifs is 1. The van der Waals surface area contributed by atoms with Crippen LogP contribution in [0.3, 0.4) is 0 Å². The van der Waals surface area contributed by atoms with Crippen molar-refractivity contribution < 1.29 is 4.79 Å². The molecule has 1 aliphatic heterocycles. The lowest BCUT2D eigenvalue weighted by Gasteiger charge is -2.15. The van der Waals surface area contributed by atoms with Gasteiger partial charge in [-0.05, 0) is 24.5 Å². The summed E-state index contributed by atoms with van der Waals surface area (Å²) in [7, 11) is 0. The second-order valence-electron chi connectivity index (χ2n) is 8.08. The van der Waals surface area contributed by atoms with Gasteiger partial charge in [-0.15, -0.1) is 0 Å². The molecule has 0 unspecified atom stereocenters. The van der Waals surface area contributed by atoms with E-state index in [9.17, 15) is 4.79 Å². The Bertz CT molecular complexity index is 1270. The number of hydrogen-bond acceptors (Lipinski definition) is 5. The largest absolute Gasteiger partial charge is 0.336 e. The second kappa shape index (κ2) is 7.12. The molecule has 2 amide bonds. The Kier molecular flexibility index (Phi) is 4.12. The molecule has 1 aromatic carbocycles.